The van der Waals surface area contributed by atoms with Crippen molar-refractivity contribution in [3.8, 4) is 0 Å². The van der Waals surface area contributed by atoms with Gasteiger partial charge >= 0.3 is 0 Å². The van der Waals surface area contributed by atoms with Crippen molar-refractivity contribution >= 4 is 5.91 Å². The zero-order valence-electron chi connectivity index (χ0n) is 11.4. The van der Waals surface area contributed by atoms with Gasteiger partial charge in [0.25, 0.3) is 5.91 Å². The highest BCUT2D eigenvalue weighted by molar-refractivity contribution is 5.94. The van der Waals surface area contributed by atoms with E-state index in [1.165, 1.54) is 0 Å². The number of carbonyl (C=O) groups excluding carboxylic acids is 1. The summed E-state index contributed by atoms with van der Waals surface area (Å²) >= 11 is 0. The van der Waals surface area contributed by atoms with Crippen molar-refractivity contribution in [1.29, 1.82) is 0 Å². The molecule has 20 heavy (non-hydrogen) atoms. The predicted octanol–water partition coefficient (Wildman–Crippen LogP) is 1.08. The van der Waals surface area contributed by atoms with Crippen LogP contribution in [-0.2, 0) is 17.7 Å². The minimum Gasteiger partial charge on any atom is -0.369 e. The lowest BCUT2D eigenvalue weighted by Gasteiger charge is -2.25. The number of ether oxygens (including phenoxy) is 1. The topological polar surface area (TPSA) is 95.7 Å². The summed E-state index contributed by atoms with van der Waals surface area (Å²) in [4.78, 5) is 12.2. The molecule has 0 spiro atoms. The van der Waals surface area contributed by atoms with E-state index >= 15 is 0 Å². The van der Waals surface area contributed by atoms with Crippen molar-refractivity contribution in [2.45, 2.75) is 39.0 Å². The summed E-state index contributed by atoms with van der Waals surface area (Å²) in [6.45, 7) is 4.36. The van der Waals surface area contributed by atoms with Crippen LogP contribution in [0.5, 0.6) is 0 Å². The first-order valence-corrected chi connectivity index (χ1v) is 6.64. The second-order valence-corrected chi connectivity index (χ2v) is 5.02. The third-order valence-electron chi connectivity index (χ3n) is 3.45. The largest absolute Gasteiger partial charge is 0.369 e. The maximum Gasteiger partial charge on any atom is 0.272 e. The highest BCUT2D eigenvalue weighted by atomic mass is 16.5. The normalized spacial score (nSPS) is 21.5. The van der Waals surface area contributed by atoms with Crippen LogP contribution in [0.2, 0.25) is 0 Å². The SMILES string of the molecule is C[C@@H]1Cc2c(C(=O)NCc3ccn[nH]3)n[nH]c2[C@H](C)O1. The maximum absolute atomic E-state index is 12.2. The molecule has 7 nitrogen and oxygen atoms in total. The van der Waals surface area contributed by atoms with Crippen LogP contribution < -0.4 is 5.32 Å². The predicted molar refractivity (Wildman–Crippen MR) is 71.0 cm³/mol. The van der Waals surface area contributed by atoms with Crippen molar-refractivity contribution in [1.82, 2.24) is 25.7 Å². The fourth-order valence-corrected chi connectivity index (χ4v) is 2.50. The van der Waals surface area contributed by atoms with Crippen LogP contribution in [0.15, 0.2) is 12.3 Å². The van der Waals surface area contributed by atoms with Gasteiger partial charge in [0, 0.05) is 18.2 Å². The Labute approximate surface area is 116 Å². The van der Waals surface area contributed by atoms with Crippen LogP contribution in [0.4, 0.5) is 0 Å². The number of nitrogens with zero attached hydrogens (tertiary/aromatic N) is 2. The molecule has 0 radical (unpaired) electrons. The van der Waals surface area contributed by atoms with Crippen LogP contribution in [0.25, 0.3) is 0 Å². The van der Waals surface area contributed by atoms with Gasteiger partial charge in [-0.25, -0.2) is 0 Å². The summed E-state index contributed by atoms with van der Waals surface area (Å²) in [5, 5.41) is 16.5. The smallest absolute Gasteiger partial charge is 0.272 e. The fraction of sp³-hybridized carbons (Fsp3) is 0.462. The summed E-state index contributed by atoms with van der Waals surface area (Å²) in [6, 6.07) is 1.82. The van der Waals surface area contributed by atoms with Gasteiger partial charge < -0.3 is 10.1 Å². The Morgan fingerprint density at radius 2 is 2.35 bits per heavy atom. The van der Waals surface area contributed by atoms with Gasteiger partial charge in [-0.05, 0) is 19.9 Å². The Morgan fingerprint density at radius 1 is 1.50 bits per heavy atom. The minimum atomic E-state index is -0.182. The minimum absolute atomic E-state index is 0.0598. The Hall–Kier alpha value is -2.15. The zero-order valence-corrected chi connectivity index (χ0v) is 11.4. The molecule has 0 fully saturated rings. The Balaban J connectivity index is 1.75. The number of rotatable bonds is 3. The van der Waals surface area contributed by atoms with E-state index in [1.54, 1.807) is 6.20 Å². The lowest BCUT2D eigenvalue weighted by molar-refractivity contribution is -0.00697. The van der Waals surface area contributed by atoms with E-state index in [1.807, 2.05) is 19.9 Å². The molecule has 0 aromatic carbocycles. The monoisotopic (exact) mass is 275 g/mol. The zero-order chi connectivity index (χ0) is 14.1. The fourth-order valence-electron chi connectivity index (χ4n) is 2.50. The number of carbonyl (C=O) groups is 1. The first-order chi connectivity index (χ1) is 9.65. The Morgan fingerprint density at radius 3 is 3.10 bits per heavy atom. The molecular formula is C13H17N5O2. The van der Waals surface area contributed by atoms with Gasteiger partial charge in [0.1, 0.15) is 0 Å². The van der Waals surface area contributed by atoms with Crippen LogP contribution in [0.3, 0.4) is 0 Å². The summed E-state index contributed by atoms with van der Waals surface area (Å²) < 4.78 is 5.71. The molecule has 3 rings (SSSR count). The quantitative estimate of drug-likeness (QED) is 0.781. The molecule has 0 saturated heterocycles. The second-order valence-electron chi connectivity index (χ2n) is 5.02. The van der Waals surface area contributed by atoms with Crippen molar-refractivity contribution in [3.63, 3.8) is 0 Å². The lowest BCUT2D eigenvalue weighted by atomic mass is 9.99. The van der Waals surface area contributed by atoms with E-state index in [9.17, 15) is 4.79 Å². The number of amides is 1. The average Bonchev–Trinajstić information content (AvgIpc) is 3.04. The van der Waals surface area contributed by atoms with E-state index in [0.717, 1.165) is 17.0 Å². The second kappa shape index (κ2) is 5.09. The molecule has 2 atom stereocenters. The molecule has 0 bridgehead atoms. The molecule has 106 valence electrons. The van der Waals surface area contributed by atoms with E-state index < -0.39 is 0 Å². The molecule has 1 aliphatic heterocycles. The average molecular weight is 275 g/mol. The number of nitrogens with one attached hydrogen (secondary N) is 3. The summed E-state index contributed by atoms with van der Waals surface area (Å²) in [5.41, 5.74) is 3.17. The summed E-state index contributed by atoms with van der Waals surface area (Å²) in [7, 11) is 0. The number of hydrogen-bond acceptors (Lipinski definition) is 4. The van der Waals surface area contributed by atoms with Crippen molar-refractivity contribution in [2.24, 2.45) is 0 Å². The number of fused-ring (bicyclic) bond motifs is 1. The molecule has 1 aliphatic rings. The molecule has 1 amide bonds. The van der Waals surface area contributed by atoms with E-state index in [2.05, 4.69) is 25.7 Å². The first-order valence-electron chi connectivity index (χ1n) is 6.64. The number of hydrogen-bond donors (Lipinski definition) is 3. The van der Waals surface area contributed by atoms with Crippen LogP contribution in [0.1, 0.15) is 47.4 Å². The molecule has 3 heterocycles. The van der Waals surface area contributed by atoms with Crippen LogP contribution >= 0.6 is 0 Å². The molecule has 2 aromatic heterocycles. The molecule has 0 saturated carbocycles. The highest BCUT2D eigenvalue weighted by Gasteiger charge is 2.29. The highest BCUT2D eigenvalue weighted by Crippen LogP contribution is 2.29. The van der Waals surface area contributed by atoms with Crippen molar-refractivity contribution in [2.75, 3.05) is 0 Å². The van der Waals surface area contributed by atoms with Gasteiger partial charge in [0.15, 0.2) is 5.69 Å². The van der Waals surface area contributed by atoms with Crippen LogP contribution in [-0.4, -0.2) is 32.4 Å². The number of aromatic nitrogens is 4. The third-order valence-corrected chi connectivity index (χ3v) is 3.45. The van der Waals surface area contributed by atoms with Gasteiger partial charge in [-0.1, -0.05) is 0 Å². The van der Waals surface area contributed by atoms with Gasteiger partial charge in [-0.2, -0.15) is 10.2 Å². The van der Waals surface area contributed by atoms with E-state index in [4.69, 9.17) is 4.74 Å². The van der Waals surface area contributed by atoms with E-state index in [0.29, 0.717) is 18.7 Å². The third kappa shape index (κ3) is 2.32. The lowest BCUT2D eigenvalue weighted by Crippen LogP contribution is -2.27. The molecule has 3 N–H and O–H groups in total. The summed E-state index contributed by atoms with van der Waals surface area (Å²) in [5.74, 6) is -0.182. The number of H-pyrrole nitrogens is 2. The Kier molecular flexibility index (Phi) is 3.27. The first kappa shape index (κ1) is 12.9. The molecule has 0 unspecified atom stereocenters. The van der Waals surface area contributed by atoms with Gasteiger partial charge in [0.2, 0.25) is 0 Å². The summed E-state index contributed by atoms with van der Waals surface area (Å²) in [6.07, 6.45) is 2.38. The maximum atomic E-state index is 12.2. The van der Waals surface area contributed by atoms with Gasteiger partial charge in [0.05, 0.1) is 30.1 Å². The Bertz CT molecular complexity index is 604. The molecule has 0 aliphatic carbocycles. The molecule has 2 aromatic rings. The van der Waals surface area contributed by atoms with Crippen LogP contribution in [0, 0.1) is 0 Å². The molecular weight excluding hydrogens is 258 g/mol. The van der Waals surface area contributed by atoms with Crippen molar-refractivity contribution < 1.29 is 9.53 Å². The van der Waals surface area contributed by atoms with Crippen molar-refractivity contribution in [3.05, 3.63) is 34.9 Å². The number of aromatic amines is 2. The van der Waals surface area contributed by atoms with E-state index in [-0.39, 0.29) is 18.1 Å². The molecule has 7 heteroatoms. The standard InChI is InChI=1S/C13H17N5O2/c1-7-5-10-11(8(2)20-7)17-18-12(10)13(19)14-6-9-3-4-15-16-9/h3-4,7-8H,5-6H2,1-2H3,(H,14,19)(H,15,16)(H,17,18)/t7-,8+/m1/s1. The van der Waals surface area contributed by atoms with Gasteiger partial charge in [-0.3, -0.25) is 15.0 Å². The van der Waals surface area contributed by atoms with Gasteiger partial charge in [-0.15, -0.1) is 0 Å².